The van der Waals surface area contributed by atoms with Crippen LogP contribution in [0.1, 0.15) is 5.56 Å². The second-order valence-electron chi connectivity index (χ2n) is 6.74. The highest BCUT2D eigenvalue weighted by molar-refractivity contribution is 6.13. The number of fused-ring (bicyclic) bond motifs is 3. The first kappa shape index (κ1) is 15.0. The molecule has 0 bridgehead atoms. The lowest BCUT2D eigenvalue weighted by atomic mass is 10.1. The van der Waals surface area contributed by atoms with E-state index in [1.54, 1.807) is 0 Å². The van der Waals surface area contributed by atoms with Crippen molar-refractivity contribution in [3.63, 3.8) is 0 Å². The molecule has 0 aliphatic carbocycles. The Kier molecular flexibility index (Phi) is 3.22. The van der Waals surface area contributed by atoms with Crippen molar-refractivity contribution >= 4 is 21.9 Å². The van der Waals surface area contributed by atoms with Crippen LogP contribution in [0.3, 0.4) is 0 Å². The van der Waals surface area contributed by atoms with E-state index in [0.717, 1.165) is 22.6 Å². The maximum atomic E-state index is 5.03. The topological polar surface area (TPSA) is 22.8 Å². The van der Waals surface area contributed by atoms with Crippen LogP contribution < -0.4 is 0 Å². The zero-order valence-electron chi connectivity index (χ0n) is 14.8. The van der Waals surface area contributed by atoms with Crippen LogP contribution in [0.2, 0.25) is 0 Å². The van der Waals surface area contributed by atoms with E-state index < -0.39 is 0 Å². The third-order valence-electron chi connectivity index (χ3n) is 5.04. The van der Waals surface area contributed by atoms with Crippen molar-refractivity contribution in [2.45, 2.75) is 6.92 Å². The first-order valence-electron chi connectivity index (χ1n) is 8.82. The zero-order chi connectivity index (χ0) is 17.7. The Morgan fingerprint density at radius 2 is 1.46 bits per heavy atom. The second-order valence-corrected chi connectivity index (χ2v) is 6.74. The summed E-state index contributed by atoms with van der Waals surface area (Å²) < 4.78 is 4.30. The normalized spacial score (nSPS) is 11.5. The summed E-state index contributed by atoms with van der Waals surface area (Å²) in [6, 6.07) is 27.5. The summed E-state index contributed by atoms with van der Waals surface area (Å²) in [5.74, 6) is 0. The molecule has 2 heterocycles. The third-order valence-corrected chi connectivity index (χ3v) is 5.04. The van der Waals surface area contributed by atoms with Gasteiger partial charge >= 0.3 is 0 Å². The number of benzene rings is 3. The first-order chi connectivity index (χ1) is 12.7. The maximum Gasteiger partial charge on any atom is 0.145 e. The van der Waals surface area contributed by atoms with Crippen molar-refractivity contribution < 1.29 is 0 Å². The highest BCUT2D eigenvalue weighted by Crippen LogP contribution is 2.37. The highest BCUT2D eigenvalue weighted by Gasteiger charge is 2.20. The fourth-order valence-electron chi connectivity index (χ4n) is 3.72. The molecule has 0 saturated heterocycles. The Bertz CT molecular complexity index is 1230. The van der Waals surface area contributed by atoms with E-state index in [-0.39, 0.29) is 0 Å². The molecular formula is C23H19N3. The van der Waals surface area contributed by atoms with E-state index in [1.165, 1.54) is 21.9 Å². The molecule has 0 saturated carbocycles. The SMILES string of the molecule is Cc1ccc(-c2nn(-c3ccccc3)c3c2c2ccccc2n3C)cc1. The van der Waals surface area contributed by atoms with Crippen LogP contribution in [-0.2, 0) is 7.05 Å². The number of hydrogen-bond acceptors (Lipinski definition) is 1. The van der Waals surface area contributed by atoms with E-state index in [0.29, 0.717) is 0 Å². The van der Waals surface area contributed by atoms with Gasteiger partial charge in [0.05, 0.1) is 16.6 Å². The molecule has 3 nitrogen and oxygen atoms in total. The molecule has 0 N–H and O–H groups in total. The number of nitrogens with zero attached hydrogens (tertiary/aromatic N) is 3. The number of hydrogen-bond donors (Lipinski definition) is 0. The van der Waals surface area contributed by atoms with Gasteiger partial charge in [-0.25, -0.2) is 4.68 Å². The maximum absolute atomic E-state index is 5.03. The molecule has 26 heavy (non-hydrogen) atoms. The van der Waals surface area contributed by atoms with Gasteiger partial charge in [0.15, 0.2) is 0 Å². The van der Waals surface area contributed by atoms with Crippen LogP contribution in [0.15, 0.2) is 78.9 Å². The molecule has 5 aromatic rings. The Morgan fingerprint density at radius 1 is 0.769 bits per heavy atom. The fraction of sp³-hybridized carbons (Fsp3) is 0.0870. The molecule has 5 rings (SSSR count). The first-order valence-corrected chi connectivity index (χ1v) is 8.82. The summed E-state index contributed by atoms with van der Waals surface area (Å²) in [5.41, 5.74) is 6.84. The third kappa shape index (κ3) is 2.10. The zero-order valence-corrected chi connectivity index (χ0v) is 14.8. The predicted octanol–water partition coefficient (Wildman–Crippen LogP) is 5.49. The van der Waals surface area contributed by atoms with Gasteiger partial charge in [0.1, 0.15) is 11.3 Å². The molecule has 0 aliphatic heterocycles. The lowest BCUT2D eigenvalue weighted by molar-refractivity contribution is 0.858. The predicted molar refractivity (Wildman–Crippen MR) is 108 cm³/mol. The van der Waals surface area contributed by atoms with Gasteiger partial charge in [0.2, 0.25) is 0 Å². The number of para-hydroxylation sites is 2. The van der Waals surface area contributed by atoms with Crippen LogP contribution in [0.5, 0.6) is 0 Å². The van der Waals surface area contributed by atoms with E-state index in [4.69, 9.17) is 5.10 Å². The van der Waals surface area contributed by atoms with Gasteiger partial charge in [-0.15, -0.1) is 0 Å². The molecule has 3 heteroatoms. The van der Waals surface area contributed by atoms with Crippen LogP contribution in [0, 0.1) is 6.92 Å². The molecule has 0 radical (unpaired) electrons. The second kappa shape index (κ2) is 5.60. The quantitative estimate of drug-likeness (QED) is 0.417. The fourth-order valence-corrected chi connectivity index (χ4v) is 3.72. The van der Waals surface area contributed by atoms with E-state index in [1.807, 2.05) is 6.07 Å². The summed E-state index contributed by atoms with van der Waals surface area (Å²) in [7, 11) is 2.12. The van der Waals surface area contributed by atoms with Gasteiger partial charge in [-0.2, -0.15) is 5.10 Å². The lowest BCUT2D eigenvalue weighted by Crippen LogP contribution is -2.01. The monoisotopic (exact) mass is 337 g/mol. The molecule has 126 valence electrons. The van der Waals surface area contributed by atoms with Crippen molar-refractivity contribution in [1.82, 2.24) is 14.3 Å². The molecule has 3 aromatic carbocycles. The standard InChI is InChI=1S/C23H19N3/c1-16-12-14-17(15-13-16)22-21-19-10-6-7-11-20(19)25(2)23(21)26(24-22)18-8-4-3-5-9-18/h3-15H,1-2H3. The Balaban J connectivity index is 1.93. The van der Waals surface area contributed by atoms with Crippen molar-refractivity contribution in [3.8, 4) is 16.9 Å². The van der Waals surface area contributed by atoms with Crippen molar-refractivity contribution in [3.05, 3.63) is 84.4 Å². The smallest absolute Gasteiger partial charge is 0.145 e. The minimum atomic E-state index is 1.03. The molecule has 0 atom stereocenters. The average Bonchev–Trinajstić information content (AvgIpc) is 3.21. The van der Waals surface area contributed by atoms with Crippen molar-refractivity contribution in [2.24, 2.45) is 7.05 Å². The molecule has 2 aromatic heterocycles. The van der Waals surface area contributed by atoms with E-state index in [2.05, 4.69) is 96.0 Å². The summed E-state index contributed by atoms with van der Waals surface area (Å²) in [5, 5.41) is 7.47. The van der Waals surface area contributed by atoms with Gasteiger partial charge in [-0.3, -0.25) is 0 Å². The summed E-state index contributed by atoms with van der Waals surface area (Å²) in [4.78, 5) is 0. The number of rotatable bonds is 2. The van der Waals surface area contributed by atoms with Crippen LogP contribution in [0.25, 0.3) is 38.9 Å². The number of aryl methyl sites for hydroxylation is 2. The molecular weight excluding hydrogens is 318 g/mol. The lowest BCUT2D eigenvalue weighted by Gasteiger charge is -2.05. The largest absolute Gasteiger partial charge is 0.328 e. The van der Waals surface area contributed by atoms with Gasteiger partial charge < -0.3 is 4.57 Å². The van der Waals surface area contributed by atoms with Gasteiger partial charge in [-0.05, 0) is 25.1 Å². The molecule has 0 amide bonds. The molecule has 0 aliphatic rings. The Morgan fingerprint density at radius 3 is 2.23 bits per heavy atom. The summed E-state index contributed by atoms with van der Waals surface area (Å²) >= 11 is 0. The number of aromatic nitrogens is 3. The van der Waals surface area contributed by atoms with Gasteiger partial charge in [-0.1, -0.05) is 66.2 Å². The van der Waals surface area contributed by atoms with Crippen molar-refractivity contribution in [1.29, 1.82) is 0 Å². The van der Waals surface area contributed by atoms with Gasteiger partial charge in [0.25, 0.3) is 0 Å². The minimum Gasteiger partial charge on any atom is -0.328 e. The molecule has 0 fully saturated rings. The van der Waals surface area contributed by atoms with Gasteiger partial charge in [0, 0.05) is 18.0 Å². The molecule has 0 unspecified atom stereocenters. The Labute approximate surface area is 152 Å². The van der Waals surface area contributed by atoms with Crippen molar-refractivity contribution in [2.75, 3.05) is 0 Å². The van der Waals surface area contributed by atoms with Crippen LogP contribution >= 0.6 is 0 Å². The molecule has 0 spiro atoms. The van der Waals surface area contributed by atoms with Crippen LogP contribution in [-0.4, -0.2) is 14.3 Å². The Hall–Kier alpha value is -3.33. The van der Waals surface area contributed by atoms with E-state index in [9.17, 15) is 0 Å². The summed E-state index contributed by atoms with van der Waals surface area (Å²) in [6.07, 6.45) is 0. The van der Waals surface area contributed by atoms with Crippen LogP contribution in [0.4, 0.5) is 0 Å². The summed E-state index contributed by atoms with van der Waals surface area (Å²) in [6.45, 7) is 2.11. The average molecular weight is 337 g/mol. The minimum absolute atomic E-state index is 1.03. The highest BCUT2D eigenvalue weighted by atomic mass is 15.3. The van der Waals surface area contributed by atoms with E-state index >= 15 is 0 Å².